The van der Waals surface area contributed by atoms with Gasteiger partial charge in [-0.05, 0) is 26.3 Å². The van der Waals surface area contributed by atoms with Crippen molar-refractivity contribution in [2.45, 2.75) is 77.0 Å². The van der Waals surface area contributed by atoms with Gasteiger partial charge >= 0.3 is 0 Å². The molecule has 5 nitrogen and oxygen atoms in total. The molecule has 1 rings (SSSR count). The molecule has 0 saturated heterocycles. The highest BCUT2D eigenvalue weighted by atomic mass is 32.2. The lowest BCUT2D eigenvalue weighted by Crippen LogP contribution is -2.32. The predicted octanol–water partition coefficient (Wildman–Crippen LogP) is 2.64. The third kappa shape index (κ3) is 5.45. The Hall–Kier alpha value is -0.850. The van der Waals surface area contributed by atoms with E-state index in [0.717, 1.165) is 19.3 Å². The van der Waals surface area contributed by atoms with Crippen LogP contribution in [0.15, 0.2) is 17.2 Å². The van der Waals surface area contributed by atoms with Crippen LogP contribution in [0.25, 0.3) is 0 Å². The fourth-order valence-electron chi connectivity index (χ4n) is 2.37. The largest absolute Gasteiger partial charge is 0.390 e. The maximum Gasteiger partial charge on any atom is 0.242 e. The van der Waals surface area contributed by atoms with Crippen LogP contribution in [0.2, 0.25) is 0 Å². The van der Waals surface area contributed by atoms with Crippen molar-refractivity contribution in [3.63, 3.8) is 0 Å². The molecule has 0 fully saturated rings. The molecule has 0 radical (unpaired) electrons. The van der Waals surface area contributed by atoms with E-state index in [9.17, 15) is 13.5 Å². The summed E-state index contributed by atoms with van der Waals surface area (Å²) in [5.41, 5.74) is 0.619. The van der Waals surface area contributed by atoms with Gasteiger partial charge in [-0.3, -0.25) is 0 Å². The molecule has 0 spiro atoms. The molecule has 21 heavy (non-hydrogen) atoms. The zero-order valence-electron chi connectivity index (χ0n) is 13.3. The highest BCUT2D eigenvalue weighted by Crippen LogP contribution is 2.16. The number of nitrogens with one attached hydrogen (secondary N) is 1. The van der Waals surface area contributed by atoms with Gasteiger partial charge in [0.15, 0.2) is 0 Å². The molecular formula is C15H28N2O3S. The van der Waals surface area contributed by atoms with Gasteiger partial charge < -0.3 is 9.67 Å². The van der Waals surface area contributed by atoms with E-state index >= 15 is 0 Å². The second-order valence-electron chi connectivity index (χ2n) is 5.48. The van der Waals surface area contributed by atoms with Crippen LogP contribution in [0.1, 0.15) is 58.6 Å². The molecule has 1 heterocycles. The number of unbranched alkanes of at least 4 members (excludes halogenated alkanes) is 3. The van der Waals surface area contributed by atoms with E-state index in [1.54, 1.807) is 10.8 Å². The lowest BCUT2D eigenvalue weighted by Gasteiger charge is -2.13. The summed E-state index contributed by atoms with van der Waals surface area (Å²) in [6.07, 6.45) is 6.98. The summed E-state index contributed by atoms with van der Waals surface area (Å²) >= 11 is 0. The van der Waals surface area contributed by atoms with E-state index in [4.69, 9.17) is 0 Å². The van der Waals surface area contributed by atoms with Gasteiger partial charge in [-0.1, -0.05) is 32.6 Å². The minimum absolute atomic E-state index is 0.0746. The van der Waals surface area contributed by atoms with E-state index in [2.05, 4.69) is 11.6 Å². The van der Waals surface area contributed by atoms with Gasteiger partial charge in [-0.2, -0.15) is 0 Å². The average molecular weight is 316 g/mol. The van der Waals surface area contributed by atoms with Crippen LogP contribution in [-0.2, 0) is 23.2 Å². The third-order valence-corrected chi connectivity index (χ3v) is 5.18. The second-order valence-corrected chi connectivity index (χ2v) is 7.20. The van der Waals surface area contributed by atoms with Crippen molar-refractivity contribution in [3.8, 4) is 0 Å². The first kappa shape index (κ1) is 18.2. The quantitative estimate of drug-likeness (QED) is 0.652. The highest BCUT2D eigenvalue weighted by Gasteiger charge is 2.20. The summed E-state index contributed by atoms with van der Waals surface area (Å²) in [5.74, 6) is 0. The first-order valence-corrected chi connectivity index (χ1v) is 9.25. The van der Waals surface area contributed by atoms with Crippen LogP contribution in [0.4, 0.5) is 0 Å². The minimum atomic E-state index is -3.51. The van der Waals surface area contributed by atoms with E-state index < -0.39 is 10.0 Å². The van der Waals surface area contributed by atoms with E-state index in [-0.39, 0.29) is 17.5 Å². The van der Waals surface area contributed by atoms with Gasteiger partial charge in [0.25, 0.3) is 0 Å². The Labute approximate surface area is 128 Å². The van der Waals surface area contributed by atoms with E-state index in [1.165, 1.54) is 18.9 Å². The monoisotopic (exact) mass is 316 g/mol. The molecule has 1 aromatic heterocycles. The fraction of sp³-hybridized carbons (Fsp3) is 0.733. The van der Waals surface area contributed by atoms with Gasteiger partial charge in [-0.15, -0.1) is 0 Å². The molecule has 0 saturated carbocycles. The Morgan fingerprint density at radius 3 is 2.52 bits per heavy atom. The number of sulfonamides is 1. The van der Waals surface area contributed by atoms with Crippen molar-refractivity contribution >= 4 is 10.0 Å². The topological polar surface area (TPSA) is 71.3 Å². The Balaban J connectivity index is 2.66. The van der Waals surface area contributed by atoms with Crippen LogP contribution in [0.5, 0.6) is 0 Å². The molecule has 2 N–H and O–H groups in total. The zero-order chi connectivity index (χ0) is 15.9. The average Bonchev–Trinajstić information content (AvgIpc) is 2.87. The lowest BCUT2D eigenvalue weighted by atomic mass is 10.1. The molecule has 0 bridgehead atoms. The summed E-state index contributed by atoms with van der Waals surface area (Å²) in [7, 11) is -3.51. The normalized spacial score (nSPS) is 13.5. The fourth-order valence-corrected chi connectivity index (χ4v) is 3.71. The number of nitrogens with zero attached hydrogens (tertiary/aromatic N) is 1. The minimum Gasteiger partial charge on any atom is -0.390 e. The maximum atomic E-state index is 12.3. The number of hydrogen-bond donors (Lipinski definition) is 2. The van der Waals surface area contributed by atoms with Crippen molar-refractivity contribution in [1.82, 2.24) is 9.29 Å². The van der Waals surface area contributed by atoms with Crippen molar-refractivity contribution in [2.75, 3.05) is 0 Å². The molecule has 0 amide bonds. The summed E-state index contributed by atoms with van der Waals surface area (Å²) in [6, 6.07) is 1.46. The lowest BCUT2D eigenvalue weighted by molar-refractivity contribution is 0.271. The molecule has 6 heteroatoms. The van der Waals surface area contributed by atoms with Gasteiger partial charge in [0.05, 0.1) is 11.5 Å². The Kier molecular flexibility index (Phi) is 7.42. The number of rotatable bonds is 10. The van der Waals surface area contributed by atoms with Crippen molar-refractivity contribution in [1.29, 1.82) is 0 Å². The van der Waals surface area contributed by atoms with Gasteiger partial charge in [0.1, 0.15) is 0 Å². The maximum absolute atomic E-state index is 12.3. The predicted molar refractivity (Wildman–Crippen MR) is 84.6 cm³/mol. The van der Waals surface area contributed by atoms with Crippen molar-refractivity contribution in [3.05, 3.63) is 18.0 Å². The highest BCUT2D eigenvalue weighted by molar-refractivity contribution is 7.89. The standard InChI is InChI=1S/C15H28N2O3S/c1-4-6-7-8-9-13(3)16-21(19,20)15-10-14(12-18)17(5-2)11-15/h10-11,13,16,18H,4-9,12H2,1-3H3. The van der Waals surface area contributed by atoms with E-state index in [1.807, 2.05) is 13.8 Å². The molecular weight excluding hydrogens is 288 g/mol. The summed E-state index contributed by atoms with van der Waals surface area (Å²) in [4.78, 5) is 0.230. The summed E-state index contributed by atoms with van der Waals surface area (Å²) in [6.45, 7) is 6.45. The van der Waals surface area contributed by atoms with Crippen LogP contribution >= 0.6 is 0 Å². The van der Waals surface area contributed by atoms with Crippen LogP contribution < -0.4 is 4.72 Å². The first-order chi connectivity index (χ1) is 9.94. The van der Waals surface area contributed by atoms with Crippen molar-refractivity contribution < 1.29 is 13.5 Å². The summed E-state index contributed by atoms with van der Waals surface area (Å²) in [5, 5.41) is 9.24. The smallest absolute Gasteiger partial charge is 0.242 e. The molecule has 0 aliphatic heterocycles. The third-order valence-electron chi connectivity index (χ3n) is 3.62. The molecule has 1 aromatic rings. The Bertz CT molecular complexity index is 502. The van der Waals surface area contributed by atoms with Crippen LogP contribution in [0, 0.1) is 0 Å². The molecule has 1 atom stereocenters. The molecule has 0 aliphatic rings. The van der Waals surface area contributed by atoms with Gasteiger partial charge in [0.2, 0.25) is 10.0 Å². The Morgan fingerprint density at radius 1 is 1.29 bits per heavy atom. The summed E-state index contributed by atoms with van der Waals surface area (Å²) < 4.78 is 29.1. The number of hydrogen-bond acceptors (Lipinski definition) is 3. The SMILES string of the molecule is CCCCCCC(C)NS(=O)(=O)c1cc(CO)n(CC)c1. The first-order valence-electron chi connectivity index (χ1n) is 7.76. The Morgan fingerprint density at radius 2 is 2.00 bits per heavy atom. The zero-order valence-corrected chi connectivity index (χ0v) is 14.1. The number of aryl methyl sites for hydroxylation is 1. The van der Waals surface area contributed by atoms with E-state index in [0.29, 0.717) is 12.2 Å². The molecule has 0 aromatic carbocycles. The van der Waals surface area contributed by atoms with Gasteiger partial charge in [-0.25, -0.2) is 13.1 Å². The van der Waals surface area contributed by atoms with Gasteiger partial charge in [0, 0.05) is 24.5 Å². The van der Waals surface area contributed by atoms with Crippen LogP contribution in [-0.4, -0.2) is 24.1 Å². The second kappa shape index (κ2) is 8.56. The number of aliphatic hydroxyl groups is 1. The molecule has 122 valence electrons. The number of aromatic nitrogens is 1. The number of aliphatic hydroxyl groups excluding tert-OH is 1. The molecule has 0 aliphatic carbocycles. The molecule has 1 unspecified atom stereocenters. The van der Waals surface area contributed by atoms with Crippen LogP contribution in [0.3, 0.4) is 0 Å². The van der Waals surface area contributed by atoms with Crippen molar-refractivity contribution in [2.24, 2.45) is 0 Å².